The van der Waals surface area contributed by atoms with E-state index in [4.69, 9.17) is 5.73 Å². The van der Waals surface area contributed by atoms with Crippen LogP contribution >= 0.6 is 12.4 Å². The Labute approximate surface area is 133 Å². The number of halogens is 4. The van der Waals surface area contributed by atoms with E-state index in [1.54, 1.807) is 0 Å². The summed E-state index contributed by atoms with van der Waals surface area (Å²) in [5, 5.41) is 0. The molecule has 1 fully saturated rings. The van der Waals surface area contributed by atoms with E-state index in [1.165, 1.54) is 0 Å². The molecule has 126 valence electrons. The number of benzene rings is 1. The molecule has 2 N–H and O–H groups in total. The van der Waals surface area contributed by atoms with Crippen molar-refractivity contribution in [3.05, 3.63) is 29.6 Å². The second-order valence-corrected chi connectivity index (χ2v) is 7.07. The first-order chi connectivity index (χ1) is 9.80. The number of rotatable bonds is 3. The minimum absolute atomic E-state index is 0. The maximum Gasteiger partial charge on any atom is 0.246 e. The normalized spacial score (nSPS) is 23.1. The molecule has 0 bridgehead atoms. The lowest BCUT2D eigenvalue weighted by atomic mass is 9.93. The number of nitrogens with zero attached hydrogens (tertiary/aromatic N) is 1. The monoisotopic (exact) mass is 358 g/mol. The van der Waals surface area contributed by atoms with Gasteiger partial charge in [-0.2, -0.15) is 4.31 Å². The van der Waals surface area contributed by atoms with Gasteiger partial charge in [-0.05, 0) is 30.9 Å². The third kappa shape index (κ3) is 3.24. The SMILES string of the molecule is CC1CCCN(S(=O)(=O)c2ccc(F)c(F)c2F)C1CN.Cl. The van der Waals surface area contributed by atoms with Crippen LogP contribution in [0.25, 0.3) is 0 Å². The average Bonchev–Trinajstić information content (AvgIpc) is 2.44. The van der Waals surface area contributed by atoms with Crippen molar-refractivity contribution >= 4 is 22.4 Å². The number of sulfonamides is 1. The Kier molecular flexibility index (Phi) is 6.26. The van der Waals surface area contributed by atoms with Crippen molar-refractivity contribution in [2.45, 2.75) is 30.7 Å². The number of hydrogen-bond donors (Lipinski definition) is 1. The van der Waals surface area contributed by atoms with Crippen molar-refractivity contribution in [1.82, 2.24) is 4.31 Å². The quantitative estimate of drug-likeness (QED) is 0.843. The van der Waals surface area contributed by atoms with Crippen LogP contribution in [0, 0.1) is 23.4 Å². The fraction of sp³-hybridized carbons (Fsp3) is 0.538. The van der Waals surface area contributed by atoms with Gasteiger partial charge in [-0.15, -0.1) is 12.4 Å². The second-order valence-electron chi connectivity index (χ2n) is 5.21. The number of piperidine rings is 1. The third-order valence-electron chi connectivity index (χ3n) is 3.89. The molecular weight excluding hydrogens is 341 g/mol. The van der Waals surface area contributed by atoms with Gasteiger partial charge in [0.05, 0.1) is 0 Å². The summed E-state index contributed by atoms with van der Waals surface area (Å²) in [6.07, 6.45) is 1.43. The Balaban J connectivity index is 0.00000242. The molecule has 1 aliphatic heterocycles. The molecule has 1 aromatic carbocycles. The van der Waals surface area contributed by atoms with Gasteiger partial charge in [0.1, 0.15) is 4.90 Å². The molecule has 0 saturated carbocycles. The molecule has 1 aliphatic rings. The highest BCUT2D eigenvalue weighted by Gasteiger charge is 2.38. The van der Waals surface area contributed by atoms with Crippen molar-refractivity contribution in [3.8, 4) is 0 Å². The van der Waals surface area contributed by atoms with Crippen molar-refractivity contribution < 1.29 is 21.6 Å². The van der Waals surface area contributed by atoms with Crippen molar-refractivity contribution in [1.29, 1.82) is 0 Å². The minimum Gasteiger partial charge on any atom is -0.329 e. The minimum atomic E-state index is -4.25. The van der Waals surface area contributed by atoms with Gasteiger partial charge < -0.3 is 5.73 Å². The molecule has 1 heterocycles. The summed E-state index contributed by atoms with van der Waals surface area (Å²) in [6, 6.07) is 0.878. The summed E-state index contributed by atoms with van der Waals surface area (Å²) in [5.41, 5.74) is 5.62. The van der Waals surface area contributed by atoms with Crippen LogP contribution < -0.4 is 5.73 Å². The topological polar surface area (TPSA) is 63.4 Å². The first-order valence-corrected chi connectivity index (χ1v) is 8.10. The molecule has 1 saturated heterocycles. The van der Waals surface area contributed by atoms with E-state index in [0.717, 1.165) is 16.8 Å². The van der Waals surface area contributed by atoms with Gasteiger partial charge in [0, 0.05) is 19.1 Å². The fourth-order valence-corrected chi connectivity index (χ4v) is 4.52. The molecule has 0 spiro atoms. The van der Waals surface area contributed by atoms with Crippen molar-refractivity contribution in [2.24, 2.45) is 11.7 Å². The zero-order valence-corrected chi connectivity index (χ0v) is 13.6. The van der Waals surface area contributed by atoms with Gasteiger partial charge in [0.25, 0.3) is 0 Å². The van der Waals surface area contributed by atoms with Gasteiger partial charge in [0.15, 0.2) is 17.5 Å². The predicted octanol–water partition coefficient (Wildman–Crippen LogP) is 2.27. The van der Waals surface area contributed by atoms with Gasteiger partial charge in [-0.3, -0.25) is 0 Å². The highest BCUT2D eigenvalue weighted by atomic mass is 35.5. The molecule has 2 atom stereocenters. The lowest BCUT2D eigenvalue weighted by Crippen LogP contribution is -2.51. The van der Waals surface area contributed by atoms with E-state index in [-0.39, 0.29) is 31.4 Å². The first kappa shape index (κ1) is 19.2. The molecule has 4 nitrogen and oxygen atoms in total. The van der Waals surface area contributed by atoms with Crippen LogP contribution in [0.5, 0.6) is 0 Å². The molecule has 9 heteroatoms. The van der Waals surface area contributed by atoms with Crippen LogP contribution in [0.2, 0.25) is 0 Å². The van der Waals surface area contributed by atoms with Crippen LogP contribution in [0.4, 0.5) is 13.2 Å². The van der Waals surface area contributed by atoms with Crippen molar-refractivity contribution in [3.63, 3.8) is 0 Å². The molecule has 2 rings (SSSR count). The summed E-state index contributed by atoms with van der Waals surface area (Å²) < 4.78 is 66.2. The molecule has 1 aromatic rings. The molecule has 0 radical (unpaired) electrons. The zero-order chi connectivity index (χ0) is 15.8. The Morgan fingerprint density at radius 3 is 2.50 bits per heavy atom. The van der Waals surface area contributed by atoms with E-state index >= 15 is 0 Å². The Morgan fingerprint density at radius 1 is 1.27 bits per heavy atom. The number of hydrogen-bond acceptors (Lipinski definition) is 3. The average molecular weight is 359 g/mol. The Bertz CT molecular complexity index is 642. The summed E-state index contributed by atoms with van der Waals surface area (Å²) in [6.45, 7) is 2.14. The number of nitrogens with two attached hydrogens (primary N) is 1. The molecule has 0 aliphatic carbocycles. The van der Waals surface area contributed by atoms with Crippen LogP contribution in [0.3, 0.4) is 0 Å². The van der Waals surface area contributed by atoms with E-state index in [2.05, 4.69) is 0 Å². The van der Waals surface area contributed by atoms with Gasteiger partial charge in [-0.1, -0.05) is 6.92 Å². The zero-order valence-electron chi connectivity index (χ0n) is 11.9. The summed E-state index contributed by atoms with van der Waals surface area (Å²) in [4.78, 5) is -0.853. The first-order valence-electron chi connectivity index (χ1n) is 6.66. The summed E-state index contributed by atoms with van der Waals surface area (Å²) >= 11 is 0. The van der Waals surface area contributed by atoms with Crippen LogP contribution in [-0.4, -0.2) is 31.9 Å². The van der Waals surface area contributed by atoms with Crippen LogP contribution in [0.1, 0.15) is 19.8 Å². The van der Waals surface area contributed by atoms with E-state index < -0.39 is 38.4 Å². The fourth-order valence-electron chi connectivity index (χ4n) is 2.69. The molecular formula is C13H18ClF3N2O2S. The molecule has 22 heavy (non-hydrogen) atoms. The Morgan fingerprint density at radius 2 is 1.91 bits per heavy atom. The van der Waals surface area contributed by atoms with Gasteiger partial charge in [0.2, 0.25) is 10.0 Å². The summed E-state index contributed by atoms with van der Waals surface area (Å²) in [5.74, 6) is -4.88. The third-order valence-corrected chi connectivity index (χ3v) is 5.83. The van der Waals surface area contributed by atoms with Crippen LogP contribution in [-0.2, 0) is 10.0 Å². The highest BCUT2D eigenvalue weighted by Crippen LogP contribution is 2.30. The van der Waals surface area contributed by atoms with E-state index in [0.29, 0.717) is 12.5 Å². The maximum absolute atomic E-state index is 13.8. The Hall–Kier alpha value is -0.830. The molecule has 0 amide bonds. The van der Waals surface area contributed by atoms with Crippen molar-refractivity contribution in [2.75, 3.05) is 13.1 Å². The highest BCUT2D eigenvalue weighted by molar-refractivity contribution is 7.89. The summed E-state index contributed by atoms with van der Waals surface area (Å²) in [7, 11) is -4.25. The van der Waals surface area contributed by atoms with Gasteiger partial charge in [-0.25, -0.2) is 21.6 Å². The van der Waals surface area contributed by atoms with Gasteiger partial charge >= 0.3 is 0 Å². The predicted molar refractivity (Wildman–Crippen MR) is 78.7 cm³/mol. The lowest BCUT2D eigenvalue weighted by molar-refractivity contribution is 0.192. The van der Waals surface area contributed by atoms with Crippen LogP contribution in [0.15, 0.2) is 17.0 Å². The maximum atomic E-state index is 13.8. The van der Waals surface area contributed by atoms with E-state index in [1.807, 2.05) is 6.92 Å². The smallest absolute Gasteiger partial charge is 0.246 e. The molecule has 0 aromatic heterocycles. The second kappa shape index (κ2) is 7.16. The standard InChI is InChI=1S/C13H17F3N2O2S.ClH/c1-8-3-2-6-18(10(8)7-17)21(19,20)11-5-4-9(14)12(15)13(11)16;/h4-5,8,10H,2-3,6-7,17H2,1H3;1H. The van der Waals surface area contributed by atoms with E-state index in [9.17, 15) is 21.6 Å². The lowest BCUT2D eigenvalue weighted by Gasteiger charge is -2.38. The largest absolute Gasteiger partial charge is 0.329 e. The molecule has 2 unspecified atom stereocenters.